The van der Waals surface area contributed by atoms with E-state index in [9.17, 15) is 4.79 Å². The molecule has 0 spiro atoms. The number of hydrogen-bond acceptors (Lipinski definition) is 3. The molecule has 1 atom stereocenters. The van der Waals surface area contributed by atoms with Gasteiger partial charge in [0.2, 0.25) is 0 Å². The normalized spacial score (nSPS) is 11.8. The molecular weight excluding hydrogens is 264 g/mol. The van der Waals surface area contributed by atoms with Crippen molar-refractivity contribution < 1.29 is 9.53 Å². The van der Waals surface area contributed by atoms with Crippen molar-refractivity contribution in [1.29, 1.82) is 0 Å². The van der Waals surface area contributed by atoms with E-state index in [1.807, 2.05) is 37.3 Å². The minimum atomic E-state index is -0.105. The summed E-state index contributed by atoms with van der Waals surface area (Å²) in [6.45, 7) is 1.99. The third-order valence-corrected chi connectivity index (χ3v) is 3.67. The van der Waals surface area contributed by atoms with Crippen LogP contribution in [0.25, 0.3) is 0 Å². The summed E-state index contributed by atoms with van der Waals surface area (Å²) in [6.07, 6.45) is 0. The zero-order valence-corrected chi connectivity index (χ0v) is 12.5. The highest BCUT2D eigenvalue weighted by molar-refractivity contribution is 5.99. The lowest BCUT2D eigenvalue weighted by Crippen LogP contribution is -2.30. The summed E-state index contributed by atoms with van der Waals surface area (Å²) in [5, 5.41) is 0. The first-order valence-corrected chi connectivity index (χ1v) is 6.80. The van der Waals surface area contributed by atoms with Gasteiger partial charge in [-0.2, -0.15) is 0 Å². The number of benzene rings is 2. The summed E-state index contributed by atoms with van der Waals surface area (Å²) in [5.41, 5.74) is 7.94. The van der Waals surface area contributed by atoms with Crippen LogP contribution >= 0.6 is 0 Å². The highest BCUT2D eigenvalue weighted by Crippen LogP contribution is 2.25. The fourth-order valence-electron chi connectivity index (χ4n) is 2.18. The number of carbonyl (C=O) groups is 1. The lowest BCUT2D eigenvalue weighted by atomic mass is 10.1. The predicted octanol–water partition coefficient (Wildman–Crippen LogP) is 3.11. The van der Waals surface area contributed by atoms with E-state index in [0.29, 0.717) is 17.0 Å². The third-order valence-electron chi connectivity index (χ3n) is 3.67. The Morgan fingerprint density at radius 3 is 2.43 bits per heavy atom. The van der Waals surface area contributed by atoms with Gasteiger partial charge in [0, 0.05) is 18.8 Å². The number of methoxy groups -OCH3 is 1. The van der Waals surface area contributed by atoms with Gasteiger partial charge in [0.25, 0.3) is 5.91 Å². The lowest BCUT2D eigenvalue weighted by Gasteiger charge is -2.26. The lowest BCUT2D eigenvalue weighted by molar-refractivity contribution is 0.0743. The van der Waals surface area contributed by atoms with Gasteiger partial charge in [0.15, 0.2) is 0 Å². The van der Waals surface area contributed by atoms with Gasteiger partial charge in [0.05, 0.1) is 18.7 Å². The Kier molecular flexibility index (Phi) is 4.48. The van der Waals surface area contributed by atoms with Crippen molar-refractivity contribution in [3.8, 4) is 5.75 Å². The summed E-state index contributed by atoms with van der Waals surface area (Å²) >= 11 is 0. The maximum Gasteiger partial charge on any atom is 0.256 e. The summed E-state index contributed by atoms with van der Waals surface area (Å²) < 4.78 is 5.10. The highest BCUT2D eigenvalue weighted by Gasteiger charge is 2.20. The minimum absolute atomic E-state index is 0.0276. The van der Waals surface area contributed by atoms with Crippen molar-refractivity contribution in [3.05, 3.63) is 59.7 Å². The summed E-state index contributed by atoms with van der Waals surface area (Å²) in [5.74, 6) is 0.536. The Bertz CT molecular complexity index is 626. The minimum Gasteiger partial charge on any atom is -0.497 e. The molecule has 0 aliphatic heterocycles. The molecule has 2 rings (SSSR count). The second-order valence-electron chi connectivity index (χ2n) is 4.96. The van der Waals surface area contributed by atoms with Gasteiger partial charge in [-0.1, -0.05) is 30.3 Å². The average Bonchev–Trinajstić information content (AvgIpc) is 2.53. The molecule has 0 saturated carbocycles. The molecule has 0 aromatic heterocycles. The van der Waals surface area contributed by atoms with Crippen molar-refractivity contribution >= 4 is 11.6 Å². The molecule has 2 aromatic rings. The van der Waals surface area contributed by atoms with Crippen LogP contribution in [0, 0.1) is 0 Å². The number of nitrogens with two attached hydrogens (primary N) is 1. The number of anilines is 1. The molecular formula is C17H20N2O2. The van der Waals surface area contributed by atoms with Gasteiger partial charge in [-0.05, 0) is 24.6 Å². The van der Waals surface area contributed by atoms with Gasteiger partial charge in [0.1, 0.15) is 5.75 Å². The molecule has 0 saturated heterocycles. The van der Waals surface area contributed by atoms with Crippen LogP contribution in [-0.2, 0) is 0 Å². The fourth-order valence-corrected chi connectivity index (χ4v) is 2.18. The first kappa shape index (κ1) is 14.9. The number of nitrogen functional groups attached to an aromatic ring is 1. The number of amides is 1. The molecule has 4 heteroatoms. The number of ether oxygens (including phenoxy) is 1. The molecule has 0 radical (unpaired) electrons. The van der Waals surface area contributed by atoms with Crippen molar-refractivity contribution in [3.63, 3.8) is 0 Å². The summed E-state index contributed by atoms with van der Waals surface area (Å²) in [4.78, 5) is 14.3. The Morgan fingerprint density at radius 1 is 1.19 bits per heavy atom. The molecule has 0 aliphatic carbocycles. The zero-order chi connectivity index (χ0) is 15.4. The Morgan fingerprint density at radius 2 is 1.86 bits per heavy atom. The van der Waals surface area contributed by atoms with Gasteiger partial charge in [-0.15, -0.1) is 0 Å². The van der Waals surface area contributed by atoms with E-state index in [1.54, 1.807) is 37.3 Å². The van der Waals surface area contributed by atoms with Crippen molar-refractivity contribution in [1.82, 2.24) is 4.90 Å². The SMILES string of the molecule is COc1ccc(C(=O)N(C)C(C)c2ccccc2)c(N)c1. The maximum atomic E-state index is 12.6. The van der Waals surface area contributed by atoms with Crippen molar-refractivity contribution in [2.24, 2.45) is 0 Å². The number of nitrogens with zero attached hydrogens (tertiary/aromatic N) is 1. The first-order valence-electron chi connectivity index (χ1n) is 6.80. The van der Waals surface area contributed by atoms with Crippen LogP contribution in [0.5, 0.6) is 5.75 Å². The van der Waals surface area contributed by atoms with Crippen LogP contribution in [0.4, 0.5) is 5.69 Å². The van der Waals surface area contributed by atoms with Crippen LogP contribution < -0.4 is 10.5 Å². The molecule has 0 aliphatic rings. The molecule has 1 amide bonds. The maximum absolute atomic E-state index is 12.6. The fraction of sp³-hybridized carbons (Fsp3) is 0.235. The molecule has 2 aromatic carbocycles. The third kappa shape index (κ3) is 3.16. The molecule has 110 valence electrons. The molecule has 2 N–H and O–H groups in total. The quantitative estimate of drug-likeness (QED) is 0.878. The molecule has 0 heterocycles. The summed E-state index contributed by atoms with van der Waals surface area (Å²) in [7, 11) is 3.35. The molecule has 0 bridgehead atoms. The standard InChI is InChI=1S/C17H20N2O2/c1-12(13-7-5-4-6-8-13)19(2)17(20)15-10-9-14(21-3)11-16(15)18/h4-12H,18H2,1-3H3. The van der Waals surface area contributed by atoms with E-state index in [0.717, 1.165) is 5.56 Å². The van der Waals surface area contributed by atoms with Crippen LogP contribution in [0.1, 0.15) is 28.9 Å². The van der Waals surface area contributed by atoms with E-state index in [4.69, 9.17) is 10.5 Å². The van der Waals surface area contributed by atoms with Gasteiger partial charge >= 0.3 is 0 Å². The van der Waals surface area contributed by atoms with Gasteiger partial charge in [-0.25, -0.2) is 0 Å². The Hall–Kier alpha value is -2.49. The summed E-state index contributed by atoms with van der Waals surface area (Å²) in [6, 6.07) is 15.0. The van der Waals surface area contributed by atoms with Gasteiger partial charge in [-0.3, -0.25) is 4.79 Å². The van der Waals surface area contributed by atoms with E-state index in [-0.39, 0.29) is 11.9 Å². The van der Waals surface area contributed by atoms with E-state index in [1.165, 1.54) is 0 Å². The monoisotopic (exact) mass is 284 g/mol. The van der Waals surface area contributed by atoms with Gasteiger partial charge < -0.3 is 15.4 Å². The van der Waals surface area contributed by atoms with Crippen LogP contribution in [0.15, 0.2) is 48.5 Å². The highest BCUT2D eigenvalue weighted by atomic mass is 16.5. The number of rotatable bonds is 4. The largest absolute Gasteiger partial charge is 0.497 e. The molecule has 21 heavy (non-hydrogen) atoms. The Labute approximate surface area is 125 Å². The molecule has 4 nitrogen and oxygen atoms in total. The topological polar surface area (TPSA) is 55.6 Å². The number of carbonyl (C=O) groups excluding carboxylic acids is 1. The second-order valence-corrected chi connectivity index (χ2v) is 4.96. The van der Waals surface area contributed by atoms with Crippen LogP contribution in [-0.4, -0.2) is 25.0 Å². The van der Waals surface area contributed by atoms with Crippen molar-refractivity contribution in [2.45, 2.75) is 13.0 Å². The second kappa shape index (κ2) is 6.31. The van der Waals surface area contributed by atoms with E-state index < -0.39 is 0 Å². The van der Waals surface area contributed by atoms with E-state index in [2.05, 4.69) is 0 Å². The Balaban J connectivity index is 2.23. The smallest absolute Gasteiger partial charge is 0.256 e. The number of hydrogen-bond donors (Lipinski definition) is 1. The van der Waals surface area contributed by atoms with Crippen LogP contribution in [0.3, 0.4) is 0 Å². The first-order chi connectivity index (χ1) is 10.0. The molecule has 0 fully saturated rings. The zero-order valence-electron chi connectivity index (χ0n) is 12.5. The molecule has 1 unspecified atom stereocenters. The average molecular weight is 284 g/mol. The van der Waals surface area contributed by atoms with Crippen LogP contribution in [0.2, 0.25) is 0 Å². The predicted molar refractivity (Wildman–Crippen MR) is 84.4 cm³/mol. The van der Waals surface area contributed by atoms with Crippen molar-refractivity contribution in [2.75, 3.05) is 19.9 Å². The van der Waals surface area contributed by atoms with E-state index >= 15 is 0 Å².